The Balaban J connectivity index is 2.47. The van der Waals surface area contributed by atoms with E-state index in [4.69, 9.17) is 17.3 Å². The number of anilines is 2. The summed E-state index contributed by atoms with van der Waals surface area (Å²) in [6, 6.07) is 3.08. The van der Waals surface area contributed by atoms with Crippen LogP contribution in [0.4, 0.5) is 11.4 Å². The molecule has 1 aromatic carbocycles. The molecule has 2 atom stereocenters. The zero-order valence-corrected chi connectivity index (χ0v) is 11.2. The Kier molecular flexibility index (Phi) is 3.39. The predicted molar refractivity (Wildman–Crippen MR) is 73.4 cm³/mol. The van der Waals surface area contributed by atoms with Crippen molar-refractivity contribution in [2.24, 2.45) is 11.8 Å². The maximum absolute atomic E-state index is 11.3. The second-order valence-corrected chi connectivity index (χ2v) is 5.47. The second kappa shape index (κ2) is 4.69. The van der Waals surface area contributed by atoms with Crippen LogP contribution in [-0.4, -0.2) is 24.2 Å². The fourth-order valence-corrected chi connectivity index (χ4v) is 2.76. The number of hydrogen-bond donors (Lipinski definition) is 2. The van der Waals surface area contributed by atoms with Crippen LogP contribution in [0.25, 0.3) is 0 Å². The number of nitrogen functional groups attached to an aromatic ring is 1. The highest BCUT2D eigenvalue weighted by molar-refractivity contribution is 6.34. The van der Waals surface area contributed by atoms with Gasteiger partial charge in [-0.1, -0.05) is 25.4 Å². The van der Waals surface area contributed by atoms with Gasteiger partial charge in [-0.05, 0) is 24.0 Å². The molecule has 1 aromatic rings. The van der Waals surface area contributed by atoms with Crippen LogP contribution in [-0.2, 0) is 0 Å². The first kappa shape index (κ1) is 13.0. The fourth-order valence-electron chi connectivity index (χ4n) is 2.42. The molecule has 0 bridgehead atoms. The molecule has 5 heteroatoms. The van der Waals surface area contributed by atoms with Gasteiger partial charge in [0.2, 0.25) is 0 Å². The summed E-state index contributed by atoms with van der Waals surface area (Å²) in [6.45, 7) is 5.97. The molecular weight excluding hydrogens is 252 g/mol. The molecule has 2 rings (SSSR count). The molecule has 0 amide bonds. The van der Waals surface area contributed by atoms with E-state index in [1.165, 1.54) is 6.07 Å². The van der Waals surface area contributed by atoms with E-state index in [9.17, 15) is 9.90 Å². The number of halogens is 1. The predicted octanol–water partition coefficient (Wildman–Crippen LogP) is 2.71. The van der Waals surface area contributed by atoms with Crippen LogP contribution in [0.5, 0.6) is 0 Å². The topological polar surface area (TPSA) is 66.6 Å². The molecule has 4 nitrogen and oxygen atoms in total. The van der Waals surface area contributed by atoms with Crippen LogP contribution in [0.15, 0.2) is 12.1 Å². The van der Waals surface area contributed by atoms with Crippen LogP contribution in [0.3, 0.4) is 0 Å². The first-order valence-electron chi connectivity index (χ1n) is 5.97. The summed E-state index contributed by atoms with van der Waals surface area (Å²) in [7, 11) is 0. The number of carboxylic acid groups (broad SMARTS) is 1. The van der Waals surface area contributed by atoms with Gasteiger partial charge in [0.05, 0.1) is 16.3 Å². The molecule has 0 aliphatic carbocycles. The van der Waals surface area contributed by atoms with E-state index in [2.05, 4.69) is 13.8 Å². The van der Waals surface area contributed by atoms with Gasteiger partial charge in [-0.3, -0.25) is 0 Å². The number of rotatable bonds is 2. The fraction of sp³-hybridized carbons (Fsp3) is 0.462. The second-order valence-electron chi connectivity index (χ2n) is 5.06. The molecule has 3 N–H and O–H groups in total. The van der Waals surface area contributed by atoms with Crippen molar-refractivity contribution >= 4 is 28.9 Å². The molecule has 98 valence electrons. The zero-order chi connectivity index (χ0) is 13.4. The van der Waals surface area contributed by atoms with Crippen LogP contribution in [0.2, 0.25) is 5.02 Å². The van der Waals surface area contributed by atoms with Crippen LogP contribution in [0, 0.1) is 11.8 Å². The molecule has 0 aromatic heterocycles. The molecule has 0 radical (unpaired) electrons. The summed E-state index contributed by atoms with van der Waals surface area (Å²) in [5.41, 5.74) is 6.80. The van der Waals surface area contributed by atoms with E-state index in [1.54, 1.807) is 6.07 Å². The summed E-state index contributed by atoms with van der Waals surface area (Å²) in [5.74, 6) is 0.0620. The lowest BCUT2D eigenvalue weighted by molar-refractivity contribution is 0.0697. The van der Waals surface area contributed by atoms with Crippen molar-refractivity contribution in [2.45, 2.75) is 13.8 Å². The Hall–Kier alpha value is -1.42. The lowest BCUT2D eigenvalue weighted by atomic mass is 10.0. The Morgan fingerprint density at radius 2 is 1.94 bits per heavy atom. The minimum Gasteiger partial charge on any atom is -0.478 e. The highest BCUT2D eigenvalue weighted by atomic mass is 35.5. The first-order valence-corrected chi connectivity index (χ1v) is 6.35. The Morgan fingerprint density at radius 3 is 2.44 bits per heavy atom. The number of carbonyl (C=O) groups is 1. The van der Waals surface area contributed by atoms with Crippen LogP contribution >= 0.6 is 11.6 Å². The summed E-state index contributed by atoms with van der Waals surface area (Å²) in [6.07, 6.45) is 0. The van der Waals surface area contributed by atoms with Crippen molar-refractivity contribution in [3.8, 4) is 0 Å². The Morgan fingerprint density at radius 1 is 1.39 bits per heavy atom. The quantitative estimate of drug-likeness (QED) is 0.810. The van der Waals surface area contributed by atoms with Gasteiger partial charge >= 0.3 is 5.97 Å². The summed E-state index contributed by atoms with van der Waals surface area (Å²) in [4.78, 5) is 13.3. The first-order chi connectivity index (χ1) is 8.40. The number of hydrogen-bond acceptors (Lipinski definition) is 3. The molecule has 0 spiro atoms. The zero-order valence-electron chi connectivity index (χ0n) is 10.5. The van der Waals surface area contributed by atoms with Crippen molar-refractivity contribution in [1.82, 2.24) is 0 Å². The molecule has 1 aliphatic heterocycles. The van der Waals surface area contributed by atoms with E-state index in [1.807, 2.05) is 4.90 Å². The third kappa shape index (κ3) is 2.25. The van der Waals surface area contributed by atoms with E-state index in [-0.39, 0.29) is 5.56 Å². The summed E-state index contributed by atoms with van der Waals surface area (Å²) < 4.78 is 0. The van der Waals surface area contributed by atoms with Crippen molar-refractivity contribution in [3.05, 3.63) is 22.7 Å². The largest absolute Gasteiger partial charge is 0.478 e. The average Bonchev–Trinajstić information content (AvgIpc) is 2.57. The molecule has 1 heterocycles. The molecular formula is C13H17ClN2O2. The van der Waals surface area contributed by atoms with Crippen LogP contribution in [0.1, 0.15) is 24.2 Å². The number of benzene rings is 1. The smallest absolute Gasteiger partial charge is 0.337 e. The number of carboxylic acids is 1. The average molecular weight is 269 g/mol. The number of aromatic carboxylic acids is 1. The number of nitrogens with zero attached hydrogens (tertiary/aromatic N) is 1. The van der Waals surface area contributed by atoms with Gasteiger partial charge in [0.25, 0.3) is 0 Å². The summed E-state index contributed by atoms with van der Waals surface area (Å²) in [5, 5.41) is 9.68. The highest BCUT2D eigenvalue weighted by Gasteiger charge is 2.30. The van der Waals surface area contributed by atoms with Crippen molar-refractivity contribution in [1.29, 1.82) is 0 Å². The van der Waals surface area contributed by atoms with E-state index in [0.717, 1.165) is 13.1 Å². The molecule has 18 heavy (non-hydrogen) atoms. The van der Waals surface area contributed by atoms with E-state index in [0.29, 0.717) is 28.2 Å². The summed E-state index contributed by atoms with van der Waals surface area (Å²) >= 11 is 6.17. The SMILES string of the molecule is CC1CN(c2c(Cl)cc(N)cc2C(=O)O)CC1C. The third-order valence-electron chi connectivity index (χ3n) is 3.62. The minimum atomic E-state index is -0.994. The third-order valence-corrected chi connectivity index (χ3v) is 3.91. The van der Waals surface area contributed by atoms with Crippen molar-refractivity contribution in [3.63, 3.8) is 0 Å². The van der Waals surface area contributed by atoms with Gasteiger partial charge in [0.1, 0.15) is 0 Å². The van der Waals surface area contributed by atoms with E-state index >= 15 is 0 Å². The van der Waals surface area contributed by atoms with Crippen LogP contribution < -0.4 is 10.6 Å². The lowest BCUT2D eigenvalue weighted by Crippen LogP contribution is -2.23. The van der Waals surface area contributed by atoms with Gasteiger partial charge in [-0.2, -0.15) is 0 Å². The van der Waals surface area contributed by atoms with Gasteiger partial charge in [0.15, 0.2) is 0 Å². The Bertz CT molecular complexity index is 480. The monoisotopic (exact) mass is 268 g/mol. The van der Waals surface area contributed by atoms with Gasteiger partial charge < -0.3 is 15.7 Å². The van der Waals surface area contributed by atoms with E-state index < -0.39 is 5.97 Å². The number of nitrogens with two attached hydrogens (primary N) is 1. The Labute approximate surface area is 111 Å². The normalized spacial score (nSPS) is 23.4. The van der Waals surface area contributed by atoms with Gasteiger partial charge in [-0.15, -0.1) is 0 Å². The molecule has 1 aliphatic rings. The maximum Gasteiger partial charge on any atom is 0.337 e. The maximum atomic E-state index is 11.3. The van der Waals surface area contributed by atoms with Crippen molar-refractivity contribution < 1.29 is 9.90 Å². The lowest BCUT2D eigenvalue weighted by Gasteiger charge is -2.22. The molecule has 2 unspecified atom stereocenters. The molecule has 1 fully saturated rings. The van der Waals surface area contributed by atoms with Crippen molar-refractivity contribution in [2.75, 3.05) is 23.7 Å². The molecule has 0 saturated carbocycles. The minimum absolute atomic E-state index is 0.182. The van der Waals surface area contributed by atoms with Gasteiger partial charge in [0, 0.05) is 18.8 Å². The highest BCUT2D eigenvalue weighted by Crippen LogP contribution is 2.37. The molecule has 1 saturated heterocycles. The standard InChI is InChI=1S/C13H17ClN2O2/c1-7-5-16(6-8(7)2)12-10(13(17)18)3-9(15)4-11(12)14/h3-4,7-8H,5-6,15H2,1-2H3,(H,17,18). The van der Waals surface area contributed by atoms with Gasteiger partial charge in [-0.25, -0.2) is 4.79 Å².